The van der Waals surface area contributed by atoms with E-state index in [1.165, 1.54) is 24.3 Å². The zero-order valence-electron chi connectivity index (χ0n) is 67.6. The highest BCUT2D eigenvalue weighted by atomic mass is 15.1. The molecule has 2 aliphatic rings. The number of anilines is 3. The second kappa shape index (κ2) is 15.3. The molecule has 0 saturated carbocycles. The fraction of sp³-hybridized carbons (Fsp3) is 0.0154. The molecule has 0 radical (unpaired) electrons. The van der Waals surface area contributed by atoms with Crippen LogP contribution in [-0.2, 0) is 5.41 Å². The fourth-order valence-electron chi connectivity index (χ4n) is 8.82. The molecule has 0 saturated heterocycles. The number of para-hydroxylation sites is 2. The molecule has 11 aromatic rings. The van der Waals surface area contributed by atoms with Gasteiger partial charge in [-0.15, -0.1) is 0 Å². The minimum atomic E-state index is -2.71. The second-order valence-corrected chi connectivity index (χ2v) is 14.9. The first-order chi connectivity index (χ1) is 46.9. The van der Waals surface area contributed by atoms with Gasteiger partial charge in [0.2, 0.25) is 0 Å². The number of rotatable bonds is 7. The van der Waals surface area contributed by atoms with E-state index < -0.39 is 305 Å². The first-order valence-electron chi connectivity index (χ1n) is 37.1. The molecule has 0 amide bonds. The highest BCUT2D eigenvalue weighted by Crippen LogP contribution is 2.63. The highest BCUT2D eigenvalue weighted by Gasteiger charge is 2.51. The third-order valence-corrected chi connectivity index (χ3v) is 11.5. The molecular formula is C65H43N. The van der Waals surface area contributed by atoms with E-state index in [0.717, 1.165) is 30.3 Å². The maximum absolute atomic E-state index is 10.6. The van der Waals surface area contributed by atoms with Crippen molar-refractivity contribution in [2.75, 3.05) is 4.90 Å². The van der Waals surface area contributed by atoms with Crippen molar-refractivity contribution >= 4 is 27.8 Å². The lowest BCUT2D eigenvalue weighted by molar-refractivity contribution is 0.794. The van der Waals surface area contributed by atoms with Crippen molar-refractivity contribution in [2.24, 2.45) is 0 Å². The van der Waals surface area contributed by atoms with Crippen molar-refractivity contribution in [3.8, 4) is 66.8 Å². The lowest BCUT2D eigenvalue weighted by Gasteiger charge is -2.31. The Kier molecular flexibility index (Phi) is 3.98. The summed E-state index contributed by atoms with van der Waals surface area (Å²) < 4.78 is 319. The van der Waals surface area contributed by atoms with Gasteiger partial charge in [-0.25, -0.2) is 0 Å². The van der Waals surface area contributed by atoms with Crippen LogP contribution in [-0.4, -0.2) is 0 Å². The van der Waals surface area contributed by atoms with Crippen LogP contribution in [0, 0.1) is 0 Å². The molecule has 0 N–H and O–H groups in total. The summed E-state index contributed by atoms with van der Waals surface area (Å²) in [5.41, 5.74) is -14.3. The van der Waals surface area contributed by atoms with Crippen molar-refractivity contribution in [3.05, 3.63) is 282 Å². The summed E-state index contributed by atoms with van der Waals surface area (Å²) in [5.74, 6) is 0. The van der Waals surface area contributed by atoms with Gasteiger partial charge in [-0.2, -0.15) is 0 Å². The zero-order chi connectivity index (χ0) is 73.2. The normalized spacial score (nSPS) is 19.9. The topological polar surface area (TPSA) is 3.24 Å². The minimum Gasteiger partial charge on any atom is -0.310 e. The lowest BCUT2D eigenvalue weighted by Crippen LogP contribution is -2.25. The molecule has 2 aliphatic carbocycles. The average molecular weight is 872 g/mol. The monoisotopic (exact) mass is 872 g/mol. The van der Waals surface area contributed by atoms with E-state index in [-0.39, 0.29) is 22.7 Å². The van der Waals surface area contributed by atoms with E-state index in [4.69, 9.17) is 17.8 Å². The van der Waals surface area contributed by atoms with Gasteiger partial charge < -0.3 is 4.90 Å². The van der Waals surface area contributed by atoms with Crippen LogP contribution < -0.4 is 4.90 Å². The third-order valence-electron chi connectivity index (χ3n) is 11.5. The Labute approximate surface area is 434 Å². The molecule has 0 heterocycles. The molecule has 11 aromatic carbocycles. The molecule has 0 unspecified atom stereocenters. The Bertz CT molecular complexity index is 5590. The van der Waals surface area contributed by atoms with Crippen molar-refractivity contribution in [1.29, 1.82) is 0 Å². The summed E-state index contributed by atoms with van der Waals surface area (Å²) in [4.78, 5) is 0.650. The summed E-state index contributed by atoms with van der Waals surface area (Å²) in [6.07, 6.45) is 0. The van der Waals surface area contributed by atoms with Crippen molar-refractivity contribution < 1.29 is 46.6 Å². The number of hydrogen-bond donors (Lipinski definition) is 0. The van der Waals surface area contributed by atoms with Crippen LogP contribution >= 0.6 is 0 Å². The molecule has 66 heavy (non-hydrogen) atoms. The van der Waals surface area contributed by atoms with E-state index in [1.54, 1.807) is 0 Å². The minimum absolute atomic E-state index is 0.102. The van der Waals surface area contributed by atoms with Crippen LogP contribution in [0.5, 0.6) is 0 Å². The van der Waals surface area contributed by atoms with E-state index in [1.807, 2.05) is 0 Å². The fourth-order valence-corrected chi connectivity index (χ4v) is 8.82. The molecule has 1 nitrogen and oxygen atoms in total. The highest BCUT2D eigenvalue weighted by molar-refractivity contribution is 6.07. The SMILES string of the molecule is [2H]c1cccc(-c2cc([2H])c(-c3c(-c4c(N(c5cc(-c6c([2H])c([2H])c7c(c6[2H])C6(c8c-7ccc([2H])c8[2H])c7c([2H])c([2H])c([2H])c([2H])c7-c7c([2H])c([2H])c([2H])c([2H])c76)c([2H])c([2H])c5[2H])c5c([2H])c([2H])c([2H])c([2H])c5[2H])ccc([2H])c4[2H])c([2H])c([2H])c4c([2H])c([2H])c([2H])c([2H])c34)c([2H])c2[2H])c1[2H]. The molecule has 1 spiro atoms. The molecule has 0 atom stereocenters. The summed E-state index contributed by atoms with van der Waals surface area (Å²) in [5, 5.41) is -1.41. The predicted molar refractivity (Wildman–Crippen MR) is 277 cm³/mol. The molecular weight excluding hydrogens is 795 g/mol. The average Bonchev–Trinajstić information content (AvgIpc) is 1.47. The first-order valence-corrected chi connectivity index (χ1v) is 20.1. The quantitative estimate of drug-likeness (QED) is 0.154. The maximum Gasteiger partial charge on any atom is 0.0725 e. The summed E-state index contributed by atoms with van der Waals surface area (Å²) in [6.45, 7) is 0. The van der Waals surface area contributed by atoms with Gasteiger partial charge in [0, 0.05) is 16.9 Å². The second-order valence-electron chi connectivity index (χ2n) is 14.9. The van der Waals surface area contributed by atoms with E-state index in [0.29, 0.717) is 4.90 Å². The summed E-state index contributed by atoms with van der Waals surface area (Å²) in [7, 11) is 0. The van der Waals surface area contributed by atoms with Gasteiger partial charge in [-0.05, 0) is 131 Å². The van der Waals surface area contributed by atoms with Crippen LogP contribution in [0.3, 0.4) is 0 Å². The zero-order valence-corrected chi connectivity index (χ0v) is 33.6. The number of benzene rings is 11. The Morgan fingerprint density at radius 2 is 0.955 bits per heavy atom. The van der Waals surface area contributed by atoms with Gasteiger partial charge in [0.05, 0.1) is 57.7 Å². The standard InChI is InChI=1S/C65H43N/c1-3-18-44(19-4-1)45-34-36-47(37-35-45)64-52-25-8-7-20-46(52)38-41-58(64)57-29-12-16-33-63(57)66(50-22-5-2-6-23-50)51-24-17-21-48(42-51)49-39-40-56-55-28-11-15-32-61(55)65(62(56)43-49)59-30-13-9-26-53(59)54-27-10-14-31-60(54)65/h1-43H/i2D,3D,5D,6D,7D,8D,9D,10D,12D,13D,14D,15D,17D,18D,20D,21D,22D,23D,24D,25D,26D,27D,29D,30D,31D,32D,34D,36D,37D,38D,39D,40D,41D,43D. The molecule has 0 bridgehead atoms. The van der Waals surface area contributed by atoms with E-state index in [2.05, 4.69) is 0 Å². The maximum atomic E-state index is 10.6. The van der Waals surface area contributed by atoms with Gasteiger partial charge in [-0.1, -0.05) is 224 Å². The van der Waals surface area contributed by atoms with Gasteiger partial charge in [0.1, 0.15) is 0 Å². The Morgan fingerprint density at radius 1 is 0.333 bits per heavy atom. The molecule has 0 aromatic heterocycles. The van der Waals surface area contributed by atoms with E-state index >= 15 is 0 Å². The van der Waals surface area contributed by atoms with Crippen molar-refractivity contribution in [2.45, 2.75) is 5.41 Å². The molecule has 13 rings (SSSR count). The van der Waals surface area contributed by atoms with Gasteiger partial charge in [0.15, 0.2) is 0 Å². The number of fused-ring (bicyclic) bond motifs is 11. The number of hydrogen-bond acceptors (Lipinski definition) is 1. The molecule has 0 aliphatic heterocycles. The Hall–Kier alpha value is -8.52. The van der Waals surface area contributed by atoms with E-state index in [9.17, 15) is 28.8 Å². The predicted octanol–water partition coefficient (Wildman–Crippen LogP) is 17.3. The Balaban J connectivity index is 1.21. The Morgan fingerprint density at radius 3 is 1.83 bits per heavy atom. The van der Waals surface area contributed by atoms with Crippen LogP contribution in [0.4, 0.5) is 17.1 Å². The third kappa shape index (κ3) is 5.80. The van der Waals surface area contributed by atoms with Crippen LogP contribution in [0.1, 0.15) is 68.9 Å². The van der Waals surface area contributed by atoms with Gasteiger partial charge in [0.25, 0.3) is 0 Å². The lowest BCUT2D eigenvalue weighted by atomic mass is 9.70. The van der Waals surface area contributed by atoms with Crippen molar-refractivity contribution in [3.63, 3.8) is 0 Å². The van der Waals surface area contributed by atoms with Gasteiger partial charge in [-0.3, -0.25) is 0 Å². The number of nitrogens with zero attached hydrogens (tertiary/aromatic N) is 1. The summed E-state index contributed by atoms with van der Waals surface area (Å²) >= 11 is 0. The molecule has 0 fully saturated rings. The summed E-state index contributed by atoms with van der Waals surface area (Å²) in [6, 6.07) is -20.7. The van der Waals surface area contributed by atoms with Crippen molar-refractivity contribution in [1.82, 2.24) is 0 Å². The van der Waals surface area contributed by atoms with Crippen LogP contribution in [0.2, 0.25) is 0 Å². The smallest absolute Gasteiger partial charge is 0.0725 e. The first kappa shape index (κ1) is 17.1. The van der Waals surface area contributed by atoms with Gasteiger partial charge >= 0.3 is 0 Å². The largest absolute Gasteiger partial charge is 0.310 e. The van der Waals surface area contributed by atoms with Crippen LogP contribution in [0.25, 0.3) is 77.5 Å². The molecule has 308 valence electrons. The molecule has 1 heteroatoms. The van der Waals surface area contributed by atoms with Crippen LogP contribution in [0.15, 0.2) is 260 Å².